The van der Waals surface area contributed by atoms with Crippen molar-refractivity contribution >= 4 is 17.5 Å². The van der Waals surface area contributed by atoms with Gasteiger partial charge < -0.3 is 10.4 Å². The molecule has 0 atom stereocenters. The van der Waals surface area contributed by atoms with Gasteiger partial charge in [0.2, 0.25) is 0 Å². The van der Waals surface area contributed by atoms with Gasteiger partial charge in [-0.2, -0.15) is 0 Å². The minimum Gasteiger partial charge on any atom is -0.396 e. The van der Waals surface area contributed by atoms with E-state index in [1.54, 1.807) is 6.07 Å². The second kappa shape index (κ2) is 8.11. The molecule has 0 bridgehead atoms. The number of carbonyl (C=O) groups excluding carboxylic acids is 1. The van der Waals surface area contributed by atoms with E-state index in [0.717, 1.165) is 31.2 Å². The summed E-state index contributed by atoms with van der Waals surface area (Å²) >= 11 is 6.08. The molecule has 0 aliphatic rings. The van der Waals surface area contributed by atoms with Gasteiger partial charge in [-0.05, 0) is 31.4 Å². The molecule has 0 heterocycles. The van der Waals surface area contributed by atoms with Crippen LogP contribution in [-0.2, 0) is 0 Å². The van der Waals surface area contributed by atoms with Crippen molar-refractivity contribution < 1.29 is 9.90 Å². The molecule has 0 aliphatic heterocycles. The van der Waals surface area contributed by atoms with Crippen molar-refractivity contribution in [2.75, 3.05) is 13.2 Å². The maximum Gasteiger partial charge on any atom is 0.252 e. The number of aliphatic hydroxyl groups excluding tert-OH is 1. The summed E-state index contributed by atoms with van der Waals surface area (Å²) in [7, 11) is 0. The van der Waals surface area contributed by atoms with Crippen LogP contribution in [-0.4, -0.2) is 24.2 Å². The molecule has 0 unspecified atom stereocenters. The normalized spacial score (nSPS) is 10.4. The number of halogens is 1. The monoisotopic (exact) mass is 269 g/mol. The first-order chi connectivity index (χ1) is 8.66. The van der Waals surface area contributed by atoms with Gasteiger partial charge in [0.15, 0.2) is 0 Å². The molecule has 0 aromatic heterocycles. The van der Waals surface area contributed by atoms with E-state index in [-0.39, 0.29) is 12.5 Å². The van der Waals surface area contributed by atoms with Gasteiger partial charge in [0, 0.05) is 13.2 Å². The van der Waals surface area contributed by atoms with Crippen LogP contribution in [0, 0.1) is 6.92 Å². The lowest BCUT2D eigenvalue weighted by atomic mass is 10.1. The number of aryl methyl sites for hydroxylation is 1. The standard InChI is InChI=1S/C14H20ClNO2/c1-11-7-6-8-12(13(11)15)14(18)16-9-4-2-3-5-10-17/h6-8,17H,2-5,9-10H2,1H3,(H,16,18). The molecule has 0 saturated heterocycles. The number of benzene rings is 1. The topological polar surface area (TPSA) is 49.3 Å². The van der Waals surface area contributed by atoms with E-state index in [9.17, 15) is 4.79 Å². The molecule has 0 saturated carbocycles. The molecular formula is C14H20ClNO2. The fourth-order valence-corrected chi connectivity index (χ4v) is 1.92. The van der Waals surface area contributed by atoms with Crippen LogP contribution < -0.4 is 5.32 Å². The molecule has 1 aromatic carbocycles. The van der Waals surface area contributed by atoms with Gasteiger partial charge >= 0.3 is 0 Å². The molecule has 1 rings (SSSR count). The molecule has 1 aromatic rings. The zero-order valence-corrected chi connectivity index (χ0v) is 11.5. The van der Waals surface area contributed by atoms with Gasteiger partial charge in [0.05, 0.1) is 10.6 Å². The summed E-state index contributed by atoms with van der Waals surface area (Å²) < 4.78 is 0. The van der Waals surface area contributed by atoms with Crippen LogP contribution in [0.3, 0.4) is 0 Å². The zero-order valence-electron chi connectivity index (χ0n) is 10.7. The Hall–Kier alpha value is -1.06. The maximum atomic E-state index is 11.9. The van der Waals surface area contributed by atoms with Crippen molar-refractivity contribution in [1.82, 2.24) is 5.32 Å². The fraction of sp³-hybridized carbons (Fsp3) is 0.500. The van der Waals surface area contributed by atoms with Crippen molar-refractivity contribution in [3.05, 3.63) is 34.3 Å². The Morgan fingerprint density at radius 1 is 1.28 bits per heavy atom. The fourth-order valence-electron chi connectivity index (χ4n) is 1.71. The Kier molecular flexibility index (Phi) is 6.76. The highest BCUT2D eigenvalue weighted by atomic mass is 35.5. The number of aliphatic hydroxyl groups is 1. The first kappa shape index (κ1) is 15.0. The van der Waals surface area contributed by atoms with Crippen LogP contribution in [0.25, 0.3) is 0 Å². The van der Waals surface area contributed by atoms with Crippen molar-refractivity contribution in [2.45, 2.75) is 32.6 Å². The zero-order chi connectivity index (χ0) is 13.4. The Morgan fingerprint density at radius 2 is 2.00 bits per heavy atom. The Morgan fingerprint density at radius 3 is 2.72 bits per heavy atom. The second-order valence-corrected chi connectivity index (χ2v) is 4.71. The van der Waals surface area contributed by atoms with Crippen LogP contribution in [0.2, 0.25) is 5.02 Å². The average molecular weight is 270 g/mol. The maximum absolute atomic E-state index is 11.9. The van der Waals surface area contributed by atoms with E-state index in [2.05, 4.69) is 5.32 Å². The number of nitrogens with one attached hydrogen (secondary N) is 1. The molecule has 1 amide bonds. The third kappa shape index (κ3) is 4.67. The lowest BCUT2D eigenvalue weighted by Gasteiger charge is -2.08. The first-order valence-electron chi connectivity index (χ1n) is 6.31. The van der Waals surface area contributed by atoms with E-state index in [1.165, 1.54) is 0 Å². The van der Waals surface area contributed by atoms with Crippen LogP contribution in [0.1, 0.15) is 41.6 Å². The third-order valence-corrected chi connectivity index (χ3v) is 3.31. The number of hydrogen-bond acceptors (Lipinski definition) is 2. The molecule has 100 valence electrons. The minimum absolute atomic E-state index is 0.120. The number of carbonyl (C=O) groups is 1. The summed E-state index contributed by atoms with van der Waals surface area (Å²) in [4.78, 5) is 11.9. The van der Waals surface area contributed by atoms with Crippen LogP contribution >= 0.6 is 11.6 Å². The summed E-state index contributed by atoms with van der Waals surface area (Å²) in [6.45, 7) is 2.77. The molecule has 4 heteroatoms. The molecule has 0 fully saturated rings. The van der Waals surface area contributed by atoms with Gasteiger partial charge in [-0.3, -0.25) is 4.79 Å². The highest BCUT2D eigenvalue weighted by Gasteiger charge is 2.10. The summed E-state index contributed by atoms with van der Waals surface area (Å²) in [6, 6.07) is 5.45. The number of unbranched alkanes of at least 4 members (excludes halogenated alkanes) is 3. The molecule has 0 aliphatic carbocycles. The predicted molar refractivity (Wildman–Crippen MR) is 74.1 cm³/mol. The highest BCUT2D eigenvalue weighted by Crippen LogP contribution is 2.19. The van der Waals surface area contributed by atoms with Crippen molar-refractivity contribution in [3.8, 4) is 0 Å². The molecule has 18 heavy (non-hydrogen) atoms. The lowest BCUT2D eigenvalue weighted by Crippen LogP contribution is -2.24. The molecular weight excluding hydrogens is 250 g/mol. The summed E-state index contributed by atoms with van der Waals surface area (Å²) in [5, 5.41) is 12.0. The van der Waals surface area contributed by atoms with E-state index in [4.69, 9.17) is 16.7 Å². The van der Waals surface area contributed by atoms with E-state index in [1.807, 2.05) is 19.1 Å². The van der Waals surface area contributed by atoms with Crippen molar-refractivity contribution in [3.63, 3.8) is 0 Å². The Balaban J connectivity index is 2.35. The second-order valence-electron chi connectivity index (χ2n) is 4.33. The molecule has 3 nitrogen and oxygen atoms in total. The van der Waals surface area contributed by atoms with E-state index < -0.39 is 0 Å². The summed E-state index contributed by atoms with van der Waals surface area (Å²) in [5.41, 5.74) is 1.44. The van der Waals surface area contributed by atoms with Crippen LogP contribution in [0.15, 0.2) is 18.2 Å². The van der Waals surface area contributed by atoms with Gasteiger partial charge in [-0.15, -0.1) is 0 Å². The smallest absolute Gasteiger partial charge is 0.252 e. The molecule has 0 spiro atoms. The quantitative estimate of drug-likeness (QED) is 0.748. The third-order valence-electron chi connectivity index (χ3n) is 2.81. The molecule has 0 radical (unpaired) electrons. The minimum atomic E-state index is -0.120. The highest BCUT2D eigenvalue weighted by molar-refractivity contribution is 6.34. The van der Waals surface area contributed by atoms with Gasteiger partial charge in [0.25, 0.3) is 5.91 Å². The van der Waals surface area contributed by atoms with Gasteiger partial charge in [0.1, 0.15) is 0 Å². The lowest BCUT2D eigenvalue weighted by molar-refractivity contribution is 0.0953. The Labute approximate surface area is 113 Å². The summed E-state index contributed by atoms with van der Waals surface area (Å²) in [5.74, 6) is -0.120. The van der Waals surface area contributed by atoms with Crippen molar-refractivity contribution in [1.29, 1.82) is 0 Å². The first-order valence-corrected chi connectivity index (χ1v) is 6.68. The SMILES string of the molecule is Cc1cccc(C(=O)NCCCCCCO)c1Cl. The molecule has 2 N–H and O–H groups in total. The number of amides is 1. The van der Waals surface area contributed by atoms with E-state index >= 15 is 0 Å². The van der Waals surface area contributed by atoms with E-state index in [0.29, 0.717) is 17.1 Å². The largest absolute Gasteiger partial charge is 0.396 e. The summed E-state index contributed by atoms with van der Waals surface area (Å²) in [6.07, 6.45) is 3.77. The number of hydrogen-bond donors (Lipinski definition) is 2. The Bertz CT molecular complexity index is 393. The average Bonchev–Trinajstić information content (AvgIpc) is 2.36. The predicted octanol–water partition coefficient (Wildman–Crippen LogP) is 2.93. The van der Waals surface area contributed by atoms with Crippen molar-refractivity contribution in [2.24, 2.45) is 0 Å². The van der Waals surface area contributed by atoms with Crippen LogP contribution in [0.5, 0.6) is 0 Å². The van der Waals surface area contributed by atoms with Crippen LogP contribution in [0.4, 0.5) is 0 Å². The van der Waals surface area contributed by atoms with Gasteiger partial charge in [-0.25, -0.2) is 0 Å². The number of rotatable bonds is 7. The van der Waals surface area contributed by atoms with Gasteiger partial charge in [-0.1, -0.05) is 36.6 Å².